The average molecular weight is 281 g/mol. The van der Waals surface area contributed by atoms with Gasteiger partial charge in [-0.2, -0.15) is 0 Å². The van der Waals surface area contributed by atoms with Crippen LogP contribution in [0.25, 0.3) is 0 Å². The third-order valence-electron chi connectivity index (χ3n) is 3.73. The van der Waals surface area contributed by atoms with Crippen molar-refractivity contribution in [3.05, 3.63) is 17.7 Å². The van der Waals surface area contributed by atoms with Crippen LogP contribution in [0.15, 0.2) is 12.1 Å². The van der Waals surface area contributed by atoms with E-state index in [4.69, 9.17) is 14.2 Å². The largest absolute Gasteiger partial charge is 0.502 e. The molecule has 0 amide bonds. The van der Waals surface area contributed by atoms with Crippen molar-refractivity contribution in [2.24, 2.45) is 0 Å². The number of phenolic OH excluding ortho intramolecular Hbond substituents is 1. The van der Waals surface area contributed by atoms with Gasteiger partial charge in [-0.15, -0.1) is 0 Å². The fraction of sp³-hybridized carbons (Fsp3) is 0.600. The molecule has 1 saturated heterocycles. The van der Waals surface area contributed by atoms with Gasteiger partial charge in [-0.05, 0) is 31.5 Å². The Morgan fingerprint density at radius 3 is 2.35 bits per heavy atom. The Kier molecular flexibility index (Phi) is 4.40. The summed E-state index contributed by atoms with van der Waals surface area (Å²) in [5.74, 6) is 0.913. The molecule has 2 rings (SSSR count). The molecule has 112 valence electrons. The van der Waals surface area contributed by atoms with Crippen LogP contribution >= 0.6 is 0 Å². The molecular formula is C15H23NO4. The molecule has 1 aromatic carbocycles. The van der Waals surface area contributed by atoms with Crippen molar-refractivity contribution in [1.82, 2.24) is 4.90 Å². The first-order chi connectivity index (χ1) is 9.47. The number of hydrogen-bond acceptors (Lipinski definition) is 5. The first kappa shape index (κ1) is 14.9. The summed E-state index contributed by atoms with van der Waals surface area (Å²) in [5, 5.41) is 9.94. The van der Waals surface area contributed by atoms with Gasteiger partial charge in [-0.25, -0.2) is 0 Å². The number of nitrogens with zero attached hydrogens (tertiary/aromatic N) is 1. The monoisotopic (exact) mass is 281 g/mol. The lowest BCUT2D eigenvalue weighted by Crippen LogP contribution is -2.52. The molecule has 0 saturated carbocycles. The third-order valence-corrected chi connectivity index (χ3v) is 3.73. The van der Waals surface area contributed by atoms with E-state index in [0.29, 0.717) is 11.5 Å². The van der Waals surface area contributed by atoms with Gasteiger partial charge in [0.2, 0.25) is 5.75 Å². The molecule has 0 radical (unpaired) electrons. The van der Waals surface area contributed by atoms with Crippen LogP contribution in [0.2, 0.25) is 0 Å². The van der Waals surface area contributed by atoms with E-state index in [2.05, 4.69) is 18.7 Å². The van der Waals surface area contributed by atoms with Crippen LogP contribution in [0.1, 0.15) is 19.4 Å². The highest BCUT2D eigenvalue weighted by molar-refractivity contribution is 5.52. The highest BCUT2D eigenvalue weighted by Crippen LogP contribution is 2.37. The van der Waals surface area contributed by atoms with E-state index in [0.717, 1.165) is 31.9 Å². The van der Waals surface area contributed by atoms with Crippen molar-refractivity contribution in [3.63, 3.8) is 0 Å². The second kappa shape index (κ2) is 5.89. The first-order valence-electron chi connectivity index (χ1n) is 6.74. The second-order valence-corrected chi connectivity index (χ2v) is 5.64. The van der Waals surface area contributed by atoms with Gasteiger partial charge in [0.05, 0.1) is 27.4 Å². The molecule has 0 bridgehead atoms. The molecule has 5 heteroatoms. The highest BCUT2D eigenvalue weighted by atomic mass is 16.5. The molecule has 1 aliphatic heterocycles. The predicted octanol–water partition coefficient (Wildman–Crippen LogP) is 2.02. The Labute approximate surface area is 120 Å². The van der Waals surface area contributed by atoms with Crippen LogP contribution in [-0.4, -0.2) is 49.5 Å². The van der Waals surface area contributed by atoms with Crippen molar-refractivity contribution >= 4 is 0 Å². The normalized spacial score (nSPS) is 18.8. The Balaban J connectivity index is 2.24. The Hall–Kier alpha value is -1.46. The first-order valence-corrected chi connectivity index (χ1v) is 6.74. The van der Waals surface area contributed by atoms with Gasteiger partial charge in [0.1, 0.15) is 0 Å². The summed E-state index contributed by atoms with van der Waals surface area (Å²) in [5.41, 5.74) is 1.04. The van der Waals surface area contributed by atoms with Crippen molar-refractivity contribution in [2.45, 2.75) is 25.9 Å². The van der Waals surface area contributed by atoms with Crippen LogP contribution in [-0.2, 0) is 11.3 Å². The maximum Gasteiger partial charge on any atom is 0.200 e. The molecule has 1 fully saturated rings. The van der Waals surface area contributed by atoms with Crippen LogP contribution < -0.4 is 9.47 Å². The molecule has 0 spiro atoms. The van der Waals surface area contributed by atoms with Crippen molar-refractivity contribution in [2.75, 3.05) is 34.0 Å². The Morgan fingerprint density at radius 1 is 1.25 bits per heavy atom. The Bertz CT molecular complexity index is 448. The molecular weight excluding hydrogens is 258 g/mol. The number of hydrogen-bond donors (Lipinski definition) is 1. The molecule has 1 N–H and O–H groups in total. The minimum absolute atomic E-state index is 0.00337. The number of aromatic hydroxyl groups is 1. The van der Waals surface area contributed by atoms with Crippen molar-refractivity contribution < 1.29 is 19.3 Å². The highest BCUT2D eigenvalue weighted by Gasteiger charge is 2.30. The van der Waals surface area contributed by atoms with E-state index in [1.54, 1.807) is 0 Å². The summed E-state index contributed by atoms with van der Waals surface area (Å²) in [4.78, 5) is 2.36. The van der Waals surface area contributed by atoms with Gasteiger partial charge in [0.15, 0.2) is 11.5 Å². The molecule has 0 aliphatic carbocycles. The maximum atomic E-state index is 9.94. The van der Waals surface area contributed by atoms with E-state index >= 15 is 0 Å². The van der Waals surface area contributed by atoms with Crippen molar-refractivity contribution in [3.8, 4) is 17.2 Å². The van der Waals surface area contributed by atoms with Gasteiger partial charge in [0, 0.05) is 18.6 Å². The molecule has 1 heterocycles. The Morgan fingerprint density at radius 2 is 1.85 bits per heavy atom. The molecule has 0 unspecified atom stereocenters. The lowest BCUT2D eigenvalue weighted by molar-refractivity contribution is -0.0553. The van der Waals surface area contributed by atoms with Crippen LogP contribution in [0.3, 0.4) is 0 Å². The summed E-state index contributed by atoms with van der Waals surface area (Å²) >= 11 is 0. The minimum Gasteiger partial charge on any atom is -0.502 e. The third kappa shape index (κ3) is 2.99. The summed E-state index contributed by atoms with van der Waals surface area (Å²) in [7, 11) is 3.08. The number of benzene rings is 1. The van der Waals surface area contributed by atoms with Crippen LogP contribution in [0.5, 0.6) is 17.2 Å². The summed E-state index contributed by atoms with van der Waals surface area (Å²) in [6.07, 6.45) is 0. The fourth-order valence-electron chi connectivity index (χ4n) is 2.44. The lowest BCUT2D eigenvalue weighted by Gasteiger charge is -2.42. The predicted molar refractivity (Wildman–Crippen MR) is 76.5 cm³/mol. The van der Waals surface area contributed by atoms with E-state index in [-0.39, 0.29) is 11.3 Å². The van der Waals surface area contributed by atoms with Crippen LogP contribution in [0, 0.1) is 0 Å². The van der Waals surface area contributed by atoms with E-state index in [9.17, 15) is 5.11 Å². The minimum atomic E-state index is -0.00337. The lowest BCUT2D eigenvalue weighted by atomic mass is 10.0. The summed E-state index contributed by atoms with van der Waals surface area (Å²) in [6.45, 7) is 7.46. The zero-order valence-electron chi connectivity index (χ0n) is 12.6. The van der Waals surface area contributed by atoms with E-state index in [1.807, 2.05) is 12.1 Å². The number of phenols is 1. The smallest absolute Gasteiger partial charge is 0.200 e. The quantitative estimate of drug-likeness (QED) is 0.915. The number of morpholine rings is 1. The summed E-state index contributed by atoms with van der Waals surface area (Å²) < 4.78 is 15.9. The van der Waals surface area contributed by atoms with E-state index in [1.165, 1.54) is 14.2 Å². The summed E-state index contributed by atoms with van der Waals surface area (Å²) in [6, 6.07) is 3.70. The standard InChI is InChI=1S/C15H23NO4/c1-15(2)10-20-6-5-16(15)9-11-7-12(18-3)14(17)13(8-11)19-4/h7-8,17H,5-6,9-10H2,1-4H3. The zero-order valence-corrected chi connectivity index (χ0v) is 12.6. The molecule has 1 aromatic rings. The SMILES string of the molecule is COc1cc(CN2CCOCC2(C)C)cc(OC)c1O. The van der Waals surface area contributed by atoms with Gasteiger partial charge >= 0.3 is 0 Å². The maximum absolute atomic E-state index is 9.94. The second-order valence-electron chi connectivity index (χ2n) is 5.64. The average Bonchev–Trinajstić information content (AvgIpc) is 2.42. The van der Waals surface area contributed by atoms with Gasteiger partial charge in [-0.1, -0.05) is 0 Å². The molecule has 5 nitrogen and oxygen atoms in total. The zero-order chi connectivity index (χ0) is 14.8. The molecule has 1 aliphatic rings. The molecule has 0 atom stereocenters. The molecule has 20 heavy (non-hydrogen) atoms. The fourth-order valence-corrected chi connectivity index (χ4v) is 2.44. The van der Waals surface area contributed by atoms with Crippen molar-refractivity contribution in [1.29, 1.82) is 0 Å². The van der Waals surface area contributed by atoms with Gasteiger partial charge < -0.3 is 19.3 Å². The number of methoxy groups -OCH3 is 2. The molecule has 0 aromatic heterocycles. The number of rotatable bonds is 4. The number of ether oxygens (including phenoxy) is 3. The van der Waals surface area contributed by atoms with E-state index < -0.39 is 0 Å². The van der Waals surface area contributed by atoms with Gasteiger partial charge in [-0.3, -0.25) is 4.90 Å². The van der Waals surface area contributed by atoms with Gasteiger partial charge in [0.25, 0.3) is 0 Å². The van der Waals surface area contributed by atoms with Crippen LogP contribution in [0.4, 0.5) is 0 Å². The topological polar surface area (TPSA) is 51.2 Å².